The maximum Gasteiger partial charge on any atom is 0.213 e. The topological polar surface area (TPSA) is 22.1 Å². The van der Waals surface area contributed by atoms with Crippen LogP contribution < -0.4 is 4.74 Å². The molecule has 0 N–H and O–H groups in total. The van der Waals surface area contributed by atoms with Crippen LogP contribution in [0, 0.1) is 0 Å². The lowest BCUT2D eigenvalue weighted by atomic mass is 9.86. The van der Waals surface area contributed by atoms with Gasteiger partial charge in [0.05, 0.1) is 12.6 Å². The van der Waals surface area contributed by atoms with Gasteiger partial charge in [0.2, 0.25) is 5.88 Å². The van der Waals surface area contributed by atoms with Crippen LogP contribution in [0.1, 0.15) is 26.3 Å². The summed E-state index contributed by atoms with van der Waals surface area (Å²) >= 11 is 0. The first-order valence-electron chi connectivity index (χ1n) is 5.46. The van der Waals surface area contributed by atoms with Crippen LogP contribution in [0.25, 0.3) is 10.9 Å². The molecule has 2 heteroatoms. The number of pyridine rings is 1. The number of benzene rings is 1. The van der Waals surface area contributed by atoms with E-state index in [0.29, 0.717) is 5.88 Å². The Morgan fingerprint density at radius 1 is 1.06 bits per heavy atom. The van der Waals surface area contributed by atoms with E-state index in [1.54, 1.807) is 7.11 Å². The van der Waals surface area contributed by atoms with Gasteiger partial charge in [-0.1, -0.05) is 26.8 Å². The monoisotopic (exact) mass is 215 g/mol. The quantitative estimate of drug-likeness (QED) is 0.726. The van der Waals surface area contributed by atoms with E-state index in [1.165, 1.54) is 5.56 Å². The molecule has 1 aromatic carbocycles. The van der Waals surface area contributed by atoms with Crippen LogP contribution in [-0.2, 0) is 5.41 Å². The summed E-state index contributed by atoms with van der Waals surface area (Å²) in [5, 5.41) is 1.16. The Bertz CT molecular complexity index is 512. The van der Waals surface area contributed by atoms with Crippen molar-refractivity contribution in [1.82, 2.24) is 4.98 Å². The van der Waals surface area contributed by atoms with Crippen molar-refractivity contribution in [2.75, 3.05) is 7.11 Å². The first-order chi connectivity index (χ1) is 7.50. The highest BCUT2D eigenvalue weighted by molar-refractivity contribution is 5.80. The standard InChI is InChI=1S/C14H17NO/c1-14(2,3)11-6-7-12-10(9-11)5-8-13(15-12)16-4/h5-9H,1-4H3. The molecule has 0 spiro atoms. The lowest BCUT2D eigenvalue weighted by molar-refractivity contribution is 0.399. The molecule has 0 radical (unpaired) electrons. The van der Waals surface area contributed by atoms with Crippen molar-refractivity contribution in [1.29, 1.82) is 0 Å². The van der Waals surface area contributed by atoms with E-state index in [0.717, 1.165) is 10.9 Å². The van der Waals surface area contributed by atoms with E-state index < -0.39 is 0 Å². The van der Waals surface area contributed by atoms with Crippen LogP contribution in [0.3, 0.4) is 0 Å². The van der Waals surface area contributed by atoms with Gasteiger partial charge in [0.25, 0.3) is 0 Å². The lowest BCUT2D eigenvalue weighted by Crippen LogP contribution is -2.10. The highest BCUT2D eigenvalue weighted by Gasteiger charge is 2.13. The summed E-state index contributed by atoms with van der Waals surface area (Å²) in [4.78, 5) is 4.39. The van der Waals surface area contributed by atoms with Crippen molar-refractivity contribution >= 4 is 10.9 Å². The SMILES string of the molecule is COc1ccc2cc(C(C)(C)C)ccc2n1. The van der Waals surface area contributed by atoms with Crippen molar-refractivity contribution < 1.29 is 4.74 Å². The van der Waals surface area contributed by atoms with Crippen LogP contribution >= 0.6 is 0 Å². The van der Waals surface area contributed by atoms with Crippen LogP contribution in [0.2, 0.25) is 0 Å². The van der Waals surface area contributed by atoms with Gasteiger partial charge in [-0.15, -0.1) is 0 Å². The van der Waals surface area contributed by atoms with Gasteiger partial charge in [-0.05, 0) is 29.2 Å². The van der Waals surface area contributed by atoms with Crippen molar-refractivity contribution in [2.45, 2.75) is 26.2 Å². The van der Waals surface area contributed by atoms with Crippen LogP contribution in [0.5, 0.6) is 5.88 Å². The predicted molar refractivity (Wildman–Crippen MR) is 67.0 cm³/mol. The van der Waals surface area contributed by atoms with Gasteiger partial charge in [-0.3, -0.25) is 0 Å². The summed E-state index contributed by atoms with van der Waals surface area (Å²) in [6, 6.07) is 10.3. The van der Waals surface area contributed by atoms with Crippen LogP contribution in [0.4, 0.5) is 0 Å². The molecule has 0 atom stereocenters. The fraction of sp³-hybridized carbons (Fsp3) is 0.357. The second-order valence-corrected chi connectivity index (χ2v) is 5.01. The minimum atomic E-state index is 0.175. The van der Waals surface area contributed by atoms with Gasteiger partial charge >= 0.3 is 0 Å². The molecule has 0 aliphatic rings. The van der Waals surface area contributed by atoms with Crippen molar-refractivity contribution in [3.8, 4) is 5.88 Å². The van der Waals surface area contributed by atoms with E-state index in [-0.39, 0.29) is 5.41 Å². The van der Waals surface area contributed by atoms with Gasteiger partial charge in [0.1, 0.15) is 0 Å². The van der Waals surface area contributed by atoms with Crippen LogP contribution in [-0.4, -0.2) is 12.1 Å². The molecule has 84 valence electrons. The zero-order chi connectivity index (χ0) is 11.8. The molecular weight excluding hydrogens is 198 g/mol. The number of hydrogen-bond donors (Lipinski definition) is 0. The van der Waals surface area contributed by atoms with Gasteiger partial charge in [-0.2, -0.15) is 0 Å². The molecule has 0 saturated carbocycles. The Kier molecular flexibility index (Phi) is 2.58. The number of nitrogens with zero attached hydrogens (tertiary/aromatic N) is 1. The van der Waals surface area contributed by atoms with E-state index >= 15 is 0 Å². The predicted octanol–water partition coefficient (Wildman–Crippen LogP) is 3.54. The average Bonchev–Trinajstić information content (AvgIpc) is 2.26. The van der Waals surface area contributed by atoms with E-state index in [2.05, 4.69) is 50.0 Å². The molecule has 0 unspecified atom stereocenters. The Labute approximate surface area is 96.3 Å². The van der Waals surface area contributed by atoms with E-state index in [1.807, 2.05) is 6.07 Å². The smallest absolute Gasteiger partial charge is 0.213 e. The molecule has 2 aromatic rings. The largest absolute Gasteiger partial charge is 0.481 e. The molecule has 16 heavy (non-hydrogen) atoms. The number of aromatic nitrogens is 1. The minimum absolute atomic E-state index is 0.175. The Morgan fingerprint density at radius 3 is 2.44 bits per heavy atom. The van der Waals surface area contributed by atoms with E-state index in [9.17, 15) is 0 Å². The van der Waals surface area contributed by atoms with Gasteiger partial charge < -0.3 is 4.74 Å². The Morgan fingerprint density at radius 2 is 1.81 bits per heavy atom. The number of fused-ring (bicyclic) bond motifs is 1. The third-order valence-electron chi connectivity index (χ3n) is 2.74. The summed E-state index contributed by atoms with van der Waals surface area (Å²) in [7, 11) is 1.64. The maximum absolute atomic E-state index is 5.11. The fourth-order valence-corrected chi connectivity index (χ4v) is 1.69. The van der Waals surface area contributed by atoms with Crippen molar-refractivity contribution in [3.63, 3.8) is 0 Å². The molecule has 2 nitrogen and oxygen atoms in total. The van der Waals surface area contributed by atoms with Gasteiger partial charge in [-0.25, -0.2) is 4.98 Å². The molecule has 0 aliphatic carbocycles. The molecule has 0 amide bonds. The summed E-state index contributed by atoms with van der Waals surface area (Å²) in [6.45, 7) is 6.64. The second kappa shape index (κ2) is 3.78. The van der Waals surface area contributed by atoms with Crippen LogP contribution in [0.15, 0.2) is 30.3 Å². The molecule has 0 saturated heterocycles. The maximum atomic E-state index is 5.11. The highest BCUT2D eigenvalue weighted by Crippen LogP contribution is 2.26. The average molecular weight is 215 g/mol. The third-order valence-corrected chi connectivity index (χ3v) is 2.74. The number of rotatable bonds is 1. The van der Waals surface area contributed by atoms with E-state index in [4.69, 9.17) is 4.74 Å². The molecule has 0 fully saturated rings. The van der Waals surface area contributed by atoms with Gasteiger partial charge in [0, 0.05) is 11.5 Å². The van der Waals surface area contributed by atoms with Gasteiger partial charge in [0.15, 0.2) is 0 Å². The summed E-state index contributed by atoms with van der Waals surface area (Å²) in [5.74, 6) is 0.663. The normalized spacial score (nSPS) is 11.8. The Balaban J connectivity index is 2.56. The molecule has 0 bridgehead atoms. The lowest BCUT2D eigenvalue weighted by Gasteiger charge is -2.19. The summed E-state index contributed by atoms with van der Waals surface area (Å²) < 4.78 is 5.11. The number of ether oxygens (including phenoxy) is 1. The Hall–Kier alpha value is -1.57. The zero-order valence-corrected chi connectivity index (χ0v) is 10.2. The number of methoxy groups -OCH3 is 1. The molecule has 0 aliphatic heterocycles. The highest BCUT2D eigenvalue weighted by atomic mass is 16.5. The number of hydrogen-bond acceptors (Lipinski definition) is 2. The first kappa shape index (κ1) is 10.9. The zero-order valence-electron chi connectivity index (χ0n) is 10.2. The second-order valence-electron chi connectivity index (χ2n) is 5.01. The fourth-order valence-electron chi connectivity index (χ4n) is 1.69. The molecule has 1 aromatic heterocycles. The van der Waals surface area contributed by atoms with Crippen molar-refractivity contribution in [2.24, 2.45) is 0 Å². The molecule has 1 heterocycles. The minimum Gasteiger partial charge on any atom is -0.481 e. The molecule has 2 rings (SSSR count). The van der Waals surface area contributed by atoms with Crippen molar-refractivity contribution in [3.05, 3.63) is 35.9 Å². The first-order valence-corrected chi connectivity index (χ1v) is 5.46. The molecular formula is C14H17NO. The summed E-state index contributed by atoms with van der Waals surface area (Å²) in [5.41, 5.74) is 2.48. The third kappa shape index (κ3) is 2.01. The summed E-state index contributed by atoms with van der Waals surface area (Å²) in [6.07, 6.45) is 0.